The first-order valence-corrected chi connectivity index (χ1v) is 7.52. The fourth-order valence-electron chi connectivity index (χ4n) is 2.22. The Hall–Kier alpha value is -2.14. The van der Waals surface area contributed by atoms with Crippen molar-refractivity contribution in [1.29, 1.82) is 0 Å². The Morgan fingerprint density at radius 3 is 2.41 bits per heavy atom. The lowest BCUT2D eigenvalue weighted by Crippen LogP contribution is -2.21. The van der Waals surface area contributed by atoms with E-state index < -0.39 is 0 Å². The summed E-state index contributed by atoms with van der Waals surface area (Å²) in [6.07, 6.45) is 0. The topological polar surface area (TPSA) is 53.1 Å². The van der Waals surface area contributed by atoms with Gasteiger partial charge in [-0.1, -0.05) is 17.7 Å². The molecule has 5 heteroatoms. The third kappa shape index (κ3) is 4.70. The van der Waals surface area contributed by atoms with Gasteiger partial charge in [-0.25, -0.2) is 9.97 Å². The fourth-order valence-corrected chi connectivity index (χ4v) is 2.22. The lowest BCUT2D eigenvalue weighted by atomic mass is 10.1. The highest BCUT2D eigenvalue weighted by Crippen LogP contribution is 2.21. The molecular formula is C17H25N5. The van der Waals surface area contributed by atoms with E-state index in [1.165, 1.54) is 11.1 Å². The van der Waals surface area contributed by atoms with Gasteiger partial charge in [0.25, 0.3) is 0 Å². The van der Waals surface area contributed by atoms with Crippen molar-refractivity contribution in [3.8, 4) is 0 Å². The largest absolute Gasteiger partial charge is 0.369 e. The average molecular weight is 299 g/mol. The summed E-state index contributed by atoms with van der Waals surface area (Å²) in [5.74, 6) is 2.41. The van der Waals surface area contributed by atoms with Crippen molar-refractivity contribution in [3.63, 3.8) is 0 Å². The number of benzene rings is 1. The Morgan fingerprint density at radius 2 is 1.73 bits per heavy atom. The van der Waals surface area contributed by atoms with Crippen LogP contribution < -0.4 is 10.6 Å². The second-order valence-electron chi connectivity index (χ2n) is 5.86. The van der Waals surface area contributed by atoms with E-state index in [9.17, 15) is 0 Å². The molecule has 0 saturated heterocycles. The zero-order valence-corrected chi connectivity index (χ0v) is 14.1. The molecule has 0 saturated carbocycles. The Bertz CT molecular complexity index is 637. The number of anilines is 3. The molecular weight excluding hydrogens is 274 g/mol. The Labute approximate surface area is 132 Å². The molecule has 0 bridgehead atoms. The van der Waals surface area contributed by atoms with Crippen LogP contribution in [0.15, 0.2) is 24.3 Å². The first-order chi connectivity index (χ1) is 10.4. The van der Waals surface area contributed by atoms with Crippen molar-refractivity contribution in [1.82, 2.24) is 14.9 Å². The predicted octanol–water partition coefficient (Wildman–Crippen LogP) is 3.12. The monoisotopic (exact) mass is 299 g/mol. The third-order valence-corrected chi connectivity index (χ3v) is 3.35. The van der Waals surface area contributed by atoms with E-state index >= 15 is 0 Å². The van der Waals surface area contributed by atoms with Crippen molar-refractivity contribution in [2.24, 2.45) is 0 Å². The molecule has 22 heavy (non-hydrogen) atoms. The molecule has 5 nitrogen and oxygen atoms in total. The molecule has 0 radical (unpaired) electrons. The molecule has 2 N–H and O–H groups in total. The quantitative estimate of drug-likeness (QED) is 0.858. The number of hydrogen-bond donors (Lipinski definition) is 2. The lowest BCUT2D eigenvalue weighted by molar-refractivity contribution is 0.425. The predicted molar refractivity (Wildman–Crippen MR) is 93.0 cm³/mol. The van der Waals surface area contributed by atoms with E-state index in [1.807, 2.05) is 13.0 Å². The number of likely N-dealkylation sites (N-methyl/N-ethyl adjacent to an activating group) is 1. The SMILES string of the molecule is Cc1ccc(Nc2cc(NCCN(C)C)nc(C)n2)c(C)c1. The molecule has 0 unspecified atom stereocenters. The van der Waals surface area contributed by atoms with Crippen LogP contribution in [0.25, 0.3) is 0 Å². The fraction of sp³-hybridized carbons (Fsp3) is 0.412. The molecule has 0 spiro atoms. The van der Waals surface area contributed by atoms with Crippen LogP contribution in [0.2, 0.25) is 0 Å². The molecule has 0 atom stereocenters. The zero-order valence-electron chi connectivity index (χ0n) is 14.1. The van der Waals surface area contributed by atoms with E-state index in [2.05, 4.69) is 71.6 Å². The maximum atomic E-state index is 4.46. The maximum Gasteiger partial charge on any atom is 0.136 e. The molecule has 2 rings (SSSR count). The zero-order chi connectivity index (χ0) is 16.1. The first kappa shape index (κ1) is 16.2. The molecule has 0 aliphatic rings. The van der Waals surface area contributed by atoms with Crippen molar-refractivity contribution < 1.29 is 0 Å². The lowest BCUT2D eigenvalue weighted by Gasteiger charge is -2.13. The van der Waals surface area contributed by atoms with Gasteiger partial charge in [0.2, 0.25) is 0 Å². The normalized spacial score (nSPS) is 10.8. The van der Waals surface area contributed by atoms with Gasteiger partial charge in [-0.15, -0.1) is 0 Å². The van der Waals surface area contributed by atoms with Crippen LogP contribution in [-0.4, -0.2) is 42.1 Å². The molecule has 0 aliphatic carbocycles. The summed E-state index contributed by atoms with van der Waals surface area (Å²) >= 11 is 0. The van der Waals surface area contributed by atoms with Crippen LogP contribution in [0.3, 0.4) is 0 Å². The van der Waals surface area contributed by atoms with Gasteiger partial charge in [0.1, 0.15) is 17.5 Å². The number of rotatable bonds is 6. The summed E-state index contributed by atoms with van der Waals surface area (Å²) in [4.78, 5) is 11.0. The highest BCUT2D eigenvalue weighted by atomic mass is 15.1. The van der Waals surface area contributed by atoms with Crippen LogP contribution in [-0.2, 0) is 0 Å². The Kier molecular flexibility index (Phi) is 5.33. The smallest absolute Gasteiger partial charge is 0.136 e. The molecule has 2 aromatic rings. The van der Waals surface area contributed by atoms with Gasteiger partial charge in [0.05, 0.1) is 0 Å². The Balaban J connectivity index is 2.12. The minimum absolute atomic E-state index is 0.752. The van der Waals surface area contributed by atoms with E-state index in [0.717, 1.165) is 36.2 Å². The summed E-state index contributed by atoms with van der Waals surface area (Å²) in [6, 6.07) is 8.29. The van der Waals surface area contributed by atoms with Gasteiger partial charge in [-0.3, -0.25) is 0 Å². The van der Waals surface area contributed by atoms with E-state index in [0.29, 0.717) is 0 Å². The second-order valence-corrected chi connectivity index (χ2v) is 5.86. The molecule has 118 valence electrons. The number of hydrogen-bond acceptors (Lipinski definition) is 5. The van der Waals surface area contributed by atoms with Crippen LogP contribution in [0.4, 0.5) is 17.3 Å². The van der Waals surface area contributed by atoms with Gasteiger partial charge in [0.15, 0.2) is 0 Å². The van der Waals surface area contributed by atoms with Gasteiger partial charge in [-0.05, 0) is 46.5 Å². The third-order valence-electron chi connectivity index (χ3n) is 3.35. The van der Waals surface area contributed by atoms with Crippen molar-refractivity contribution >= 4 is 17.3 Å². The van der Waals surface area contributed by atoms with Crippen molar-refractivity contribution in [3.05, 3.63) is 41.2 Å². The van der Waals surface area contributed by atoms with Crippen LogP contribution in [0, 0.1) is 20.8 Å². The summed E-state index contributed by atoms with van der Waals surface area (Å²) < 4.78 is 0. The van der Waals surface area contributed by atoms with Gasteiger partial charge in [0, 0.05) is 24.8 Å². The standard InChI is InChI=1S/C17H25N5/c1-12-6-7-15(13(2)10-12)21-17-11-16(19-14(3)20-17)18-8-9-22(4)5/h6-7,10-11H,8-9H2,1-5H3,(H2,18,19,20,21). The summed E-state index contributed by atoms with van der Waals surface area (Å²) in [5.41, 5.74) is 3.54. The van der Waals surface area contributed by atoms with Crippen molar-refractivity contribution in [2.75, 3.05) is 37.8 Å². The van der Waals surface area contributed by atoms with Gasteiger partial charge in [-0.2, -0.15) is 0 Å². The number of nitrogens with zero attached hydrogens (tertiary/aromatic N) is 3. The first-order valence-electron chi connectivity index (χ1n) is 7.52. The van der Waals surface area contributed by atoms with Crippen LogP contribution in [0.5, 0.6) is 0 Å². The minimum atomic E-state index is 0.752. The van der Waals surface area contributed by atoms with Gasteiger partial charge < -0.3 is 15.5 Å². The number of aryl methyl sites for hydroxylation is 3. The van der Waals surface area contributed by atoms with E-state index in [1.54, 1.807) is 0 Å². The Morgan fingerprint density at radius 1 is 1.00 bits per heavy atom. The molecule has 1 aromatic carbocycles. The van der Waals surface area contributed by atoms with Crippen molar-refractivity contribution in [2.45, 2.75) is 20.8 Å². The average Bonchev–Trinajstić information content (AvgIpc) is 2.41. The molecule has 1 aromatic heterocycles. The highest BCUT2D eigenvalue weighted by Gasteiger charge is 2.04. The van der Waals surface area contributed by atoms with Crippen LogP contribution >= 0.6 is 0 Å². The number of aromatic nitrogens is 2. The molecule has 1 heterocycles. The van der Waals surface area contributed by atoms with E-state index in [-0.39, 0.29) is 0 Å². The maximum absolute atomic E-state index is 4.46. The summed E-state index contributed by atoms with van der Waals surface area (Å²) in [7, 11) is 4.11. The summed E-state index contributed by atoms with van der Waals surface area (Å²) in [6.45, 7) is 7.91. The molecule has 0 amide bonds. The molecule has 0 fully saturated rings. The second kappa shape index (κ2) is 7.22. The molecule has 0 aliphatic heterocycles. The van der Waals surface area contributed by atoms with Gasteiger partial charge >= 0.3 is 0 Å². The number of nitrogens with one attached hydrogen (secondary N) is 2. The van der Waals surface area contributed by atoms with Crippen LogP contribution in [0.1, 0.15) is 17.0 Å². The van der Waals surface area contributed by atoms with E-state index in [4.69, 9.17) is 0 Å². The highest BCUT2D eigenvalue weighted by molar-refractivity contribution is 5.62. The summed E-state index contributed by atoms with van der Waals surface area (Å²) in [5, 5.41) is 6.71. The minimum Gasteiger partial charge on any atom is -0.369 e.